The number of carbonyl (C=O) groups excluding carboxylic acids is 2. The fraction of sp³-hybridized carbons (Fsp3) is 0.444. The molecule has 0 heterocycles. The Morgan fingerprint density at radius 1 is 0.971 bits per heavy atom. The summed E-state index contributed by atoms with van der Waals surface area (Å²) >= 11 is 0. The zero-order valence-corrected chi connectivity index (χ0v) is 19.9. The van der Waals surface area contributed by atoms with Crippen molar-refractivity contribution in [2.45, 2.75) is 62.6 Å². The molecule has 1 saturated carbocycles. The average molecular weight is 481 g/mol. The van der Waals surface area contributed by atoms with E-state index in [1.54, 1.807) is 7.11 Å². The molecule has 2 amide bonds. The average Bonchev–Trinajstić information content (AvgIpc) is 3.19. The summed E-state index contributed by atoms with van der Waals surface area (Å²) in [6.45, 7) is 0.119. The first kappa shape index (κ1) is 24.7. The number of nitrogens with one attached hydrogen (secondary N) is 2. The molecule has 8 nitrogen and oxygen atoms in total. The van der Waals surface area contributed by atoms with Gasteiger partial charge in [-0.15, -0.1) is 0 Å². The maximum absolute atomic E-state index is 12.9. The van der Waals surface area contributed by atoms with Gasteiger partial charge in [0.15, 0.2) is 0 Å². The van der Waals surface area contributed by atoms with Crippen molar-refractivity contribution in [1.29, 1.82) is 0 Å². The summed E-state index contributed by atoms with van der Waals surface area (Å²) in [4.78, 5) is 36.7. The van der Waals surface area contributed by atoms with E-state index in [0.717, 1.165) is 47.9 Å². The van der Waals surface area contributed by atoms with Gasteiger partial charge in [-0.25, -0.2) is 4.79 Å². The van der Waals surface area contributed by atoms with Crippen LogP contribution in [0.3, 0.4) is 0 Å². The monoisotopic (exact) mass is 480 g/mol. The molecule has 0 radical (unpaired) electrons. The largest absolute Gasteiger partial charge is 0.481 e. The summed E-state index contributed by atoms with van der Waals surface area (Å²) in [5, 5.41) is 14.6. The minimum atomic E-state index is -1.03. The molecule has 2 aliphatic rings. The van der Waals surface area contributed by atoms with Gasteiger partial charge in [0.2, 0.25) is 5.91 Å². The number of rotatable bonds is 9. The van der Waals surface area contributed by atoms with Gasteiger partial charge in [0.05, 0.1) is 6.10 Å². The van der Waals surface area contributed by atoms with E-state index in [9.17, 15) is 14.4 Å². The van der Waals surface area contributed by atoms with Crippen LogP contribution in [0.4, 0.5) is 4.79 Å². The molecule has 2 aliphatic carbocycles. The molecule has 8 heteroatoms. The highest BCUT2D eigenvalue weighted by Gasteiger charge is 2.31. The lowest BCUT2D eigenvalue weighted by Crippen LogP contribution is -2.50. The van der Waals surface area contributed by atoms with Gasteiger partial charge in [-0.2, -0.15) is 0 Å². The molecule has 1 fully saturated rings. The van der Waals surface area contributed by atoms with E-state index in [-0.39, 0.29) is 43.4 Å². The second-order valence-electron chi connectivity index (χ2n) is 9.17. The van der Waals surface area contributed by atoms with E-state index in [0.29, 0.717) is 0 Å². The van der Waals surface area contributed by atoms with Crippen LogP contribution in [0.5, 0.6) is 0 Å². The second-order valence-corrected chi connectivity index (χ2v) is 9.17. The number of amides is 2. The number of fused-ring (bicyclic) bond motifs is 3. The molecule has 0 bridgehead atoms. The van der Waals surface area contributed by atoms with E-state index in [1.165, 1.54) is 0 Å². The molecule has 0 spiro atoms. The van der Waals surface area contributed by atoms with Crippen molar-refractivity contribution in [3.63, 3.8) is 0 Å². The Balaban J connectivity index is 1.36. The maximum Gasteiger partial charge on any atom is 0.407 e. The minimum absolute atomic E-state index is 0.0151. The van der Waals surface area contributed by atoms with Crippen LogP contribution < -0.4 is 10.6 Å². The molecule has 0 aliphatic heterocycles. The maximum atomic E-state index is 12.9. The third-order valence-corrected chi connectivity index (χ3v) is 6.95. The van der Waals surface area contributed by atoms with E-state index in [4.69, 9.17) is 14.6 Å². The normalized spacial score (nSPS) is 19.8. The summed E-state index contributed by atoms with van der Waals surface area (Å²) in [6, 6.07) is 15.1. The summed E-state index contributed by atoms with van der Waals surface area (Å²) < 4.78 is 10.9. The van der Waals surface area contributed by atoms with Crippen LogP contribution in [-0.4, -0.2) is 55.0 Å². The number of ether oxygens (including phenoxy) is 2. The molecule has 2 aromatic rings. The lowest BCUT2D eigenvalue weighted by Gasteiger charge is -2.29. The highest BCUT2D eigenvalue weighted by atomic mass is 16.5. The van der Waals surface area contributed by atoms with E-state index >= 15 is 0 Å². The van der Waals surface area contributed by atoms with Crippen molar-refractivity contribution in [3.8, 4) is 11.1 Å². The quantitative estimate of drug-likeness (QED) is 0.503. The molecular formula is C27H32N2O6. The first-order chi connectivity index (χ1) is 17.0. The van der Waals surface area contributed by atoms with Gasteiger partial charge in [0, 0.05) is 25.5 Å². The molecule has 2 aromatic carbocycles. The molecule has 4 rings (SSSR count). The predicted molar refractivity (Wildman–Crippen MR) is 130 cm³/mol. The Kier molecular flexibility index (Phi) is 8.02. The van der Waals surface area contributed by atoms with Gasteiger partial charge < -0.3 is 25.2 Å². The fourth-order valence-electron chi connectivity index (χ4n) is 5.06. The van der Waals surface area contributed by atoms with Gasteiger partial charge in [-0.3, -0.25) is 9.59 Å². The van der Waals surface area contributed by atoms with Crippen LogP contribution in [0.25, 0.3) is 11.1 Å². The first-order valence-electron chi connectivity index (χ1n) is 12.1. The standard InChI is InChI=1S/C27H32N2O6/c1-34-18-12-10-17(11-13-18)28-26(32)24(14-15-25(30)31)29-27(33)35-16-23-21-8-4-2-6-19(21)20-7-3-5-9-22(20)23/h2-9,17-18,23-24H,10-16H2,1H3,(H,28,32)(H,29,33)(H,30,31). The lowest BCUT2D eigenvalue weighted by atomic mass is 9.92. The van der Waals surface area contributed by atoms with Crippen molar-refractivity contribution in [2.75, 3.05) is 13.7 Å². The number of benzene rings is 2. The van der Waals surface area contributed by atoms with E-state index in [2.05, 4.69) is 22.8 Å². The van der Waals surface area contributed by atoms with Crippen LogP contribution in [0, 0.1) is 0 Å². The molecule has 35 heavy (non-hydrogen) atoms. The molecule has 186 valence electrons. The van der Waals surface area contributed by atoms with Crippen LogP contribution in [0.1, 0.15) is 55.6 Å². The first-order valence-corrected chi connectivity index (χ1v) is 12.1. The molecule has 0 saturated heterocycles. The third kappa shape index (κ3) is 6.00. The van der Waals surface area contributed by atoms with E-state index in [1.807, 2.05) is 36.4 Å². The number of alkyl carbamates (subject to hydrolysis) is 1. The van der Waals surface area contributed by atoms with Gasteiger partial charge in [-0.05, 0) is 54.4 Å². The van der Waals surface area contributed by atoms with Gasteiger partial charge in [0.25, 0.3) is 0 Å². The van der Waals surface area contributed by atoms with Crippen LogP contribution in [-0.2, 0) is 19.1 Å². The number of hydrogen-bond acceptors (Lipinski definition) is 5. The summed E-state index contributed by atoms with van der Waals surface area (Å²) in [6.07, 6.45) is 2.46. The predicted octanol–water partition coefficient (Wildman–Crippen LogP) is 3.83. The Bertz CT molecular complexity index is 1020. The number of carbonyl (C=O) groups is 3. The SMILES string of the molecule is COC1CCC(NC(=O)C(CCC(=O)O)NC(=O)OCC2c3ccccc3-c3ccccc32)CC1. The van der Waals surface area contributed by atoms with Crippen molar-refractivity contribution in [2.24, 2.45) is 0 Å². The van der Waals surface area contributed by atoms with Crippen molar-refractivity contribution in [1.82, 2.24) is 10.6 Å². The number of carboxylic acids is 1. The number of methoxy groups -OCH3 is 1. The molecule has 0 aromatic heterocycles. The van der Waals surface area contributed by atoms with E-state index < -0.39 is 18.1 Å². The number of aliphatic carboxylic acids is 1. The minimum Gasteiger partial charge on any atom is -0.481 e. The Morgan fingerprint density at radius 2 is 1.57 bits per heavy atom. The summed E-state index contributed by atoms with van der Waals surface area (Å²) in [7, 11) is 1.68. The zero-order valence-electron chi connectivity index (χ0n) is 19.9. The Hall–Kier alpha value is -3.39. The van der Waals surface area contributed by atoms with Crippen LogP contribution >= 0.6 is 0 Å². The molecule has 1 atom stereocenters. The van der Waals surface area contributed by atoms with Gasteiger partial charge in [-0.1, -0.05) is 48.5 Å². The summed E-state index contributed by atoms with van der Waals surface area (Å²) in [5.41, 5.74) is 4.43. The molecular weight excluding hydrogens is 448 g/mol. The Morgan fingerprint density at radius 3 is 2.14 bits per heavy atom. The van der Waals surface area contributed by atoms with Crippen LogP contribution in [0.15, 0.2) is 48.5 Å². The topological polar surface area (TPSA) is 114 Å². The van der Waals surface area contributed by atoms with Crippen molar-refractivity contribution < 1.29 is 29.0 Å². The molecule has 3 N–H and O–H groups in total. The Labute approximate surface area is 205 Å². The lowest BCUT2D eigenvalue weighted by molar-refractivity contribution is -0.137. The van der Waals surface area contributed by atoms with Crippen molar-refractivity contribution in [3.05, 3.63) is 59.7 Å². The molecule has 1 unspecified atom stereocenters. The third-order valence-electron chi connectivity index (χ3n) is 6.95. The number of carboxylic acid groups (broad SMARTS) is 1. The smallest absolute Gasteiger partial charge is 0.407 e. The van der Waals surface area contributed by atoms with Crippen molar-refractivity contribution >= 4 is 18.0 Å². The highest BCUT2D eigenvalue weighted by Crippen LogP contribution is 2.44. The van der Waals surface area contributed by atoms with Gasteiger partial charge in [0.1, 0.15) is 12.6 Å². The zero-order chi connectivity index (χ0) is 24.8. The highest BCUT2D eigenvalue weighted by molar-refractivity contribution is 5.86. The summed E-state index contributed by atoms with van der Waals surface area (Å²) in [5.74, 6) is -1.52. The second kappa shape index (κ2) is 11.4. The van der Waals surface area contributed by atoms with Crippen LogP contribution in [0.2, 0.25) is 0 Å². The fourth-order valence-corrected chi connectivity index (χ4v) is 5.06. The number of hydrogen-bond donors (Lipinski definition) is 3. The van der Waals surface area contributed by atoms with Gasteiger partial charge >= 0.3 is 12.1 Å².